The predicted octanol–water partition coefficient (Wildman–Crippen LogP) is 2.24. The molecule has 0 aliphatic heterocycles. The number of hydrogen-bond acceptors (Lipinski definition) is 1. The molecule has 0 aliphatic rings. The summed E-state index contributed by atoms with van der Waals surface area (Å²) in [6.45, 7) is 7.04. The van der Waals surface area contributed by atoms with Gasteiger partial charge >= 0.3 is 0 Å². The minimum atomic E-state index is 0.0787. The quantitative estimate of drug-likeness (QED) is 0.531. The summed E-state index contributed by atoms with van der Waals surface area (Å²) in [5.74, 6) is 0. The molecule has 0 atom stereocenters. The van der Waals surface area contributed by atoms with Crippen molar-refractivity contribution in [3.8, 4) is 0 Å². The van der Waals surface area contributed by atoms with Crippen LogP contribution in [-0.2, 0) is 4.74 Å². The first-order valence-electron chi connectivity index (χ1n) is 2.82. The fourth-order valence-corrected chi connectivity index (χ4v) is 0.650. The van der Waals surface area contributed by atoms with Gasteiger partial charge in [0.1, 0.15) is 0 Å². The summed E-state index contributed by atoms with van der Waals surface area (Å²) < 4.78 is 6.43. The lowest BCUT2D eigenvalue weighted by Gasteiger charge is -2.20. The van der Waals surface area contributed by atoms with Crippen molar-refractivity contribution in [2.75, 3.05) is 11.0 Å². The zero-order chi connectivity index (χ0) is 6.62. The topological polar surface area (TPSA) is 9.23 Å². The van der Waals surface area contributed by atoms with Crippen molar-refractivity contribution in [3.05, 3.63) is 0 Å². The molecule has 0 rings (SSSR count). The highest BCUT2D eigenvalue weighted by molar-refractivity contribution is 14.1. The summed E-state index contributed by atoms with van der Waals surface area (Å²) in [6.07, 6.45) is 0. The highest BCUT2D eigenvalue weighted by Gasteiger charge is 2.13. The van der Waals surface area contributed by atoms with Crippen molar-refractivity contribution in [2.45, 2.75) is 26.4 Å². The maximum Gasteiger partial charge on any atom is 0.0715 e. The SMILES string of the molecule is CCOC(C)(C)CI. The summed E-state index contributed by atoms with van der Waals surface area (Å²) in [7, 11) is 0. The van der Waals surface area contributed by atoms with Gasteiger partial charge in [-0.15, -0.1) is 0 Å². The molecule has 50 valence electrons. The molecule has 0 amide bonds. The third kappa shape index (κ3) is 3.66. The van der Waals surface area contributed by atoms with E-state index in [1.807, 2.05) is 6.92 Å². The van der Waals surface area contributed by atoms with E-state index < -0.39 is 0 Å². The third-order valence-corrected chi connectivity index (χ3v) is 2.69. The number of hydrogen-bond donors (Lipinski definition) is 0. The van der Waals surface area contributed by atoms with Gasteiger partial charge in [-0.25, -0.2) is 0 Å². The van der Waals surface area contributed by atoms with Gasteiger partial charge in [-0.3, -0.25) is 0 Å². The van der Waals surface area contributed by atoms with Crippen LogP contribution in [0.15, 0.2) is 0 Å². The summed E-state index contributed by atoms with van der Waals surface area (Å²) in [5.41, 5.74) is 0.0787. The van der Waals surface area contributed by atoms with E-state index >= 15 is 0 Å². The molecular weight excluding hydrogens is 215 g/mol. The van der Waals surface area contributed by atoms with Gasteiger partial charge in [-0.1, -0.05) is 22.6 Å². The van der Waals surface area contributed by atoms with Crippen LogP contribution in [0, 0.1) is 0 Å². The van der Waals surface area contributed by atoms with Gasteiger partial charge in [0.2, 0.25) is 0 Å². The molecule has 0 N–H and O–H groups in total. The van der Waals surface area contributed by atoms with Crippen molar-refractivity contribution in [1.82, 2.24) is 0 Å². The largest absolute Gasteiger partial charge is 0.375 e. The molecule has 1 nitrogen and oxygen atoms in total. The van der Waals surface area contributed by atoms with E-state index in [2.05, 4.69) is 36.4 Å². The van der Waals surface area contributed by atoms with Crippen LogP contribution in [0.3, 0.4) is 0 Å². The van der Waals surface area contributed by atoms with Gasteiger partial charge in [0.15, 0.2) is 0 Å². The van der Waals surface area contributed by atoms with E-state index in [9.17, 15) is 0 Å². The molecule has 0 spiro atoms. The van der Waals surface area contributed by atoms with Gasteiger partial charge in [-0.05, 0) is 20.8 Å². The monoisotopic (exact) mass is 228 g/mol. The Morgan fingerprint density at radius 2 is 2.00 bits per heavy atom. The Morgan fingerprint density at radius 3 is 2.12 bits per heavy atom. The molecule has 0 heterocycles. The minimum absolute atomic E-state index is 0.0787. The van der Waals surface area contributed by atoms with Crippen LogP contribution in [0.2, 0.25) is 0 Å². The summed E-state index contributed by atoms with van der Waals surface area (Å²) >= 11 is 2.33. The highest BCUT2D eigenvalue weighted by atomic mass is 127. The molecule has 0 radical (unpaired) electrons. The van der Waals surface area contributed by atoms with Crippen LogP contribution in [0.4, 0.5) is 0 Å². The van der Waals surface area contributed by atoms with Crippen LogP contribution in [0.5, 0.6) is 0 Å². The maximum atomic E-state index is 5.37. The second kappa shape index (κ2) is 3.67. The Bertz CT molecular complexity index is 61.5. The molecule has 8 heavy (non-hydrogen) atoms. The molecule has 2 heteroatoms. The summed E-state index contributed by atoms with van der Waals surface area (Å²) in [4.78, 5) is 0. The van der Waals surface area contributed by atoms with Crippen molar-refractivity contribution < 1.29 is 4.74 Å². The van der Waals surface area contributed by atoms with Gasteiger partial charge in [-0.2, -0.15) is 0 Å². The smallest absolute Gasteiger partial charge is 0.0715 e. The van der Waals surface area contributed by atoms with Gasteiger partial charge in [0, 0.05) is 11.0 Å². The van der Waals surface area contributed by atoms with Crippen LogP contribution < -0.4 is 0 Å². The molecule has 0 unspecified atom stereocenters. The van der Waals surface area contributed by atoms with Crippen LogP contribution in [0.1, 0.15) is 20.8 Å². The molecule has 0 saturated heterocycles. The number of ether oxygens (including phenoxy) is 1. The van der Waals surface area contributed by atoms with Gasteiger partial charge < -0.3 is 4.74 Å². The van der Waals surface area contributed by atoms with Crippen LogP contribution >= 0.6 is 22.6 Å². The van der Waals surface area contributed by atoms with E-state index in [0.29, 0.717) is 0 Å². The van der Waals surface area contributed by atoms with E-state index in [4.69, 9.17) is 4.74 Å². The molecule has 0 saturated carbocycles. The second-order valence-corrected chi connectivity index (χ2v) is 3.09. The van der Waals surface area contributed by atoms with Crippen LogP contribution in [0.25, 0.3) is 0 Å². The lowest BCUT2D eigenvalue weighted by Crippen LogP contribution is -2.25. The molecular formula is C6H13IO. The van der Waals surface area contributed by atoms with Crippen molar-refractivity contribution in [3.63, 3.8) is 0 Å². The molecule has 0 aromatic rings. The Labute approximate surface area is 64.9 Å². The second-order valence-electron chi connectivity index (χ2n) is 2.33. The normalized spacial score (nSPS) is 12.0. The zero-order valence-electron chi connectivity index (χ0n) is 5.70. The average Bonchev–Trinajstić information content (AvgIpc) is 1.67. The Morgan fingerprint density at radius 1 is 1.50 bits per heavy atom. The molecule has 0 aromatic carbocycles. The maximum absolute atomic E-state index is 5.37. The summed E-state index contributed by atoms with van der Waals surface area (Å²) in [5, 5.41) is 0. The fourth-order valence-electron chi connectivity index (χ4n) is 0.429. The molecule has 0 bridgehead atoms. The lowest BCUT2D eigenvalue weighted by atomic mass is 10.2. The van der Waals surface area contributed by atoms with E-state index in [0.717, 1.165) is 11.0 Å². The Balaban J connectivity index is 3.37. The standard InChI is InChI=1S/C6H13IO/c1-4-8-6(2,3)5-7/h4-5H2,1-3H3. The number of alkyl halides is 1. The molecule has 0 aromatic heterocycles. The minimum Gasteiger partial charge on any atom is -0.375 e. The predicted molar refractivity (Wildman–Crippen MR) is 44.6 cm³/mol. The first-order chi connectivity index (χ1) is 3.62. The van der Waals surface area contributed by atoms with Gasteiger partial charge in [0.05, 0.1) is 5.60 Å². The van der Waals surface area contributed by atoms with Crippen molar-refractivity contribution >= 4 is 22.6 Å². The fraction of sp³-hybridized carbons (Fsp3) is 1.00. The van der Waals surface area contributed by atoms with E-state index in [1.54, 1.807) is 0 Å². The lowest BCUT2D eigenvalue weighted by molar-refractivity contribution is 0.0115. The first kappa shape index (κ1) is 8.69. The molecule has 0 aliphatic carbocycles. The zero-order valence-corrected chi connectivity index (χ0v) is 7.86. The molecule has 0 fully saturated rings. The Hall–Kier alpha value is 0.690. The van der Waals surface area contributed by atoms with Gasteiger partial charge in [0.25, 0.3) is 0 Å². The van der Waals surface area contributed by atoms with Crippen LogP contribution in [-0.4, -0.2) is 16.6 Å². The van der Waals surface area contributed by atoms with Crippen molar-refractivity contribution in [2.24, 2.45) is 0 Å². The van der Waals surface area contributed by atoms with Crippen molar-refractivity contribution in [1.29, 1.82) is 0 Å². The summed E-state index contributed by atoms with van der Waals surface area (Å²) in [6, 6.07) is 0. The first-order valence-corrected chi connectivity index (χ1v) is 4.35. The average molecular weight is 228 g/mol. The van der Waals surface area contributed by atoms with E-state index in [1.165, 1.54) is 0 Å². The highest BCUT2D eigenvalue weighted by Crippen LogP contribution is 2.11. The Kier molecular flexibility index (Phi) is 3.98. The van der Waals surface area contributed by atoms with E-state index in [-0.39, 0.29) is 5.60 Å². The number of halogens is 1. The third-order valence-electron chi connectivity index (χ3n) is 0.857. The number of rotatable bonds is 3.